The molecule has 126 valence electrons. The van der Waals surface area contributed by atoms with Crippen LogP contribution in [0.25, 0.3) is 0 Å². The summed E-state index contributed by atoms with van der Waals surface area (Å²) in [7, 11) is 0. The highest BCUT2D eigenvalue weighted by Crippen LogP contribution is 2.47. The van der Waals surface area contributed by atoms with Crippen molar-refractivity contribution < 1.29 is 9.21 Å². The van der Waals surface area contributed by atoms with Crippen molar-refractivity contribution in [1.82, 2.24) is 4.90 Å². The Morgan fingerprint density at radius 3 is 2.79 bits per heavy atom. The van der Waals surface area contributed by atoms with Gasteiger partial charge in [0.2, 0.25) is 5.91 Å². The Morgan fingerprint density at radius 1 is 1.21 bits per heavy atom. The van der Waals surface area contributed by atoms with Crippen molar-refractivity contribution in [2.75, 3.05) is 24.5 Å². The maximum atomic E-state index is 13.3. The Kier molecular flexibility index (Phi) is 3.72. The normalized spacial score (nSPS) is 23.6. The van der Waals surface area contributed by atoms with Gasteiger partial charge in [0.1, 0.15) is 5.76 Å². The van der Waals surface area contributed by atoms with E-state index in [0.717, 1.165) is 44.0 Å². The van der Waals surface area contributed by atoms with Crippen molar-refractivity contribution in [3.63, 3.8) is 0 Å². The van der Waals surface area contributed by atoms with Crippen LogP contribution in [0, 0.1) is 5.92 Å². The summed E-state index contributed by atoms with van der Waals surface area (Å²) in [5, 5.41) is 0. The molecule has 2 aromatic rings. The number of benzene rings is 1. The molecule has 3 heterocycles. The number of hydrogen-bond acceptors (Lipinski definition) is 3. The fourth-order valence-electron chi connectivity index (χ4n) is 4.18. The number of likely N-dealkylation sites (tertiary alicyclic amines) is 1. The van der Waals surface area contributed by atoms with E-state index in [4.69, 9.17) is 4.42 Å². The fraction of sp³-hybridized carbons (Fsp3) is 0.450. The Labute approximate surface area is 143 Å². The summed E-state index contributed by atoms with van der Waals surface area (Å²) in [5.74, 6) is 1.70. The van der Waals surface area contributed by atoms with Gasteiger partial charge < -0.3 is 9.32 Å². The van der Waals surface area contributed by atoms with Gasteiger partial charge in [0.05, 0.1) is 18.2 Å². The van der Waals surface area contributed by atoms with E-state index in [1.165, 1.54) is 5.56 Å². The van der Waals surface area contributed by atoms with Gasteiger partial charge in [-0.1, -0.05) is 32.0 Å². The summed E-state index contributed by atoms with van der Waals surface area (Å²) in [6.45, 7) is 7.59. The zero-order chi connectivity index (χ0) is 16.7. The van der Waals surface area contributed by atoms with Gasteiger partial charge in [0.15, 0.2) is 0 Å². The molecule has 1 saturated heterocycles. The van der Waals surface area contributed by atoms with E-state index >= 15 is 0 Å². The largest absolute Gasteiger partial charge is 0.468 e. The summed E-state index contributed by atoms with van der Waals surface area (Å²) in [6, 6.07) is 12.3. The molecule has 1 spiro atoms. The van der Waals surface area contributed by atoms with Gasteiger partial charge in [-0.25, -0.2) is 0 Å². The standard InChI is InChI=1S/C20H24N2O2/c1-15(2)12-22-18-8-4-3-7-17(18)20(19(22)23)9-10-21(14-20)13-16-6-5-11-24-16/h3-8,11,15H,9-10,12-14H2,1-2H3/t20-/m0/s1. The molecule has 1 aromatic carbocycles. The fourth-order valence-corrected chi connectivity index (χ4v) is 4.18. The van der Waals surface area contributed by atoms with E-state index < -0.39 is 0 Å². The average molecular weight is 324 g/mol. The Bertz CT molecular complexity index is 738. The van der Waals surface area contributed by atoms with Crippen LogP contribution < -0.4 is 4.90 Å². The van der Waals surface area contributed by atoms with E-state index in [2.05, 4.69) is 36.9 Å². The van der Waals surface area contributed by atoms with Crippen LogP contribution in [0.4, 0.5) is 5.69 Å². The monoisotopic (exact) mass is 324 g/mol. The number of amides is 1. The van der Waals surface area contributed by atoms with Crippen LogP contribution in [-0.2, 0) is 16.8 Å². The second kappa shape index (κ2) is 5.78. The number of carbonyl (C=O) groups is 1. The quantitative estimate of drug-likeness (QED) is 0.864. The summed E-state index contributed by atoms with van der Waals surface area (Å²) < 4.78 is 5.48. The molecule has 1 amide bonds. The molecule has 0 N–H and O–H groups in total. The Hall–Kier alpha value is -2.07. The second-order valence-corrected chi connectivity index (χ2v) is 7.45. The molecule has 1 fully saturated rings. The lowest BCUT2D eigenvalue weighted by Crippen LogP contribution is -2.43. The molecule has 0 saturated carbocycles. The van der Waals surface area contributed by atoms with E-state index in [1.54, 1.807) is 6.26 Å². The molecule has 4 rings (SSSR count). The van der Waals surface area contributed by atoms with E-state index in [0.29, 0.717) is 5.92 Å². The number of anilines is 1. The number of rotatable bonds is 4. The lowest BCUT2D eigenvalue weighted by atomic mass is 9.81. The predicted octanol–water partition coefficient (Wildman–Crippen LogP) is 3.43. The molecule has 24 heavy (non-hydrogen) atoms. The van der Waals surface area contributed by atoms with Gasteiger partial charge in [0.25, 0.3) is 0 Å². The van der Waals surface area contributed by atoms with Gasteiger partial charge in [-0.2, -0.15) is 0 Å². The molecule has 2 aliphatic heterocycles. The van der Waals surface area contributed by atoms with Crippen LogP contribution >= 0.6 is 0 Å². The van der Waals surface area contributed by atoms with E-state index in [1.807, 2.05) is 23.1 Å². The van der Waals surface area contributed by atoms with Crippen LogP contribution in [0.15, 0.2) is 47.1 Å². The lowest BCUT2D eigenvalue weighted by molar-refractivity contribution is -0.122. The van der Waals surface area contributed by atoms with Crippen LogP contribution in [0.2, 0.25) is 0 Å². The van der Waals surface area contributed by atoms with Crippen molar-refractivity contribution in [1.29, 1.82) is 0 Å². The van der Waals surface area contributed by atoms with Gasteiger partial charge in [-0.15, -0.1) is 0 Å². The number of fused-ring (bicyclic) bond motifs is 2. The summed E-state index contributed by atoms with van der Waals surface area (Å²) in [5.41, 5.74) is 1.94. The van der Waals surface area contributed by atoms with Crippen molar-refractivity contribution in [2.45, 2.75) is 32.2 Å². The lowest BCUT2D eigenvalue weighted by Gasteiger charge is -2.25. The highest BCUT2D eigenvalue weighted by Gasteiger charge is 2.54. The van der Waals surface area contributed by atoms with Crippen LogP contribution in [0.5, 0.6) is 0 Å². The highest BCUT2D eigenvalue weighted by atomic mass is 16.3. The van der Waals surface area contributed by atoms with Crippen molar-refractivity contribution in [2.24, 2.45) is 5.92 Å². The maximum absolute atomic E-state index is 13.3. The minimum absolute atomic E-state index is 0.277. The van der Waals surface area contributed by atoms with Gasteiger partial charge >= 0.3 is 0 Å². The van der Waals surface area contributed by atoms with Crippen LogP contribution in [0.1, 0.15) is 31.6 Å². The molecule has 2 aliphatic rings. The third kappa shape index (κ3) is 2.37. The first-order valence-corrected chi connectivity index (χ1v) is 8.76. The zero-order valence-electron chi connectivity index (χ0n) is 14.4. The van der Waals surface area contributed by atoms with Gasteiger partial charge in [-0.3, -0.25) is 9.69 Å². The molecule has 0 aliphatic carbocycles. The van der Waals surface area contributed by atoms with Crippen molar-refractivity contribution in [3.05, 3.63) is 54.0 Å². The van der Waals surface area contributed by atoms with Crippen LogP contribution in [0.3, 0.4) is 0 Å². The topological polar surface area (TPSA) is 36.7 Å². The number of nitrogens with zero attached hydrogens (tertiary/aromatic N) is 2. The minimum atomic E-state index is -0.377. The molecule has 0 unspecified atom stereocenters. The first kappa shape index (κ1) is 15.5. The zero-order valence-corrected chi connectivity index (χ0v) is 14.4. The van der Waals surface area contributed by atoms with Crippen molar-refractivity contribution >= 4 is 11.6 Å². The van der Waals surface area contributed by atoms with E-state index in [9.17, 15) is 4.79 Å². The molecular weight excluding hydrogens is 300 g/mol. The first-order chi connectivity index (χ1) is 11.6. The summed E-state index contributed by atoms with van der Waals surface area (Å²) in [6.07, 6.45) is 2.60. The number of hydrogen-bond donors (Lipinski definition) is 0. The number of carbonyl (C=O) groups excluding carboxylic acids is 1. The molecule has 4 nitrogen and oxygen atoms in total. The van der Waals surface area contributed by atoms with Crippen LogP contribution in [-0.4, -0.2) is 30.4 Å². The third-order valence-electron chi connectivity index (χ3n) is 5.22. The van der Waals surface area contributed by atoms with E-state index in [-0.39, 0.29) is 11.3 Å². The molecule has 0 radical (unpaired) electrons. The maximum Gasteiger partial charge on any atom is 0.239 e. The Balaban J connectivity index is 1.64. The predicted molar refractivity (Wildman–Crippen MR) is 93.9 cm³/mol. The summed E-state index contributed by atoms with van der Waals surface area (Å²) >= 11 is 0. The number of furan rings is 1. The van der Waals surface area contributed by atoms with Gasteiger partial charge in [-0.05, 0) is 36.1 Å². The Morgan fingerprint density at radius 2 is 2.04 bits per heavy atom. The molecule has 1 atom stereocenters. The third-order valence-corrected chi connectivity index (χ3v) is 5.22. The SMILES string of the molecule is CC(C)CN1C(=O)[C@]2(CCN(Cc3ccco3)C2)c2ccccc21. The minimum Gasteiger partial charge on any atom is -0.468 e. The average Bonchev–Trinajstić information content (AvgIpc) is 3.26. The second-order valence-electron chi connectivity index (χ2n) is 7.45. The van der Waals surface area contributed by atoms with Gasteiger partial charge in [0, 0.05) is 25.3 Å². The summed E-state index contributed by atoms with van der Waals surface area (Å²) in [4.78, 5) is 17.7. The molecular formula is C20H24N2O2. The smallest absolute Gasteiger partial charge is 0.239 e. The molecule has 0 bridgehead atoms. The first-order valence-electron chi connectivity index (χ1n) is 8.76. The van der Waals surface area contributed by atoms with Crippen molar-refractivity contribution in [3.8, 4) is 0 Å². The molecule has 4 heteroatoms. The molecule has 1 aromatic heterocycles. The number of para-hydroxylation sites is 1. The highest BCUT2D eigenvalue weighted by molar-refractivity contribution is 6.08.